The molecule has 34 heavy (non-hydrogen) atoms. The molecule has 174 valence electrons. The maximum absolute atomic E-state index is 12.9. The van der Waals surface area contributed by atoms with Gasteiger partial charge in [0.15, 0.2) is 11.5 Å². The summed E-state index contributed by atoms with van der Waals surface area (Å²) in [7, 11) is 1.51. The first-order chi connectivity index (χ1) is 16.3. The summed E-state index contributed by atoms with van der Waals surface area (Å²) in [5.74, 6) is 0.476. The highest BCUT2D eigenvalue weighted by molar-refractivity contribution is 8.18. The molecule has 1 heterocycles. The lowest BCUT2D eigenvalue weighted by Gasteiger charge is -2.14. The van der Waals surface area contributed by atoms with Gasteiger partial charge in [0, 0.05) is 5.02 Å². The van der Waals surface area contributed by atoms with E-state index >= 15 is 0 Å². The molecule has 0 bridgehead atoms. The molecular weight excluding hydrogens is 493 g/mol. The van der Waals surface area contributed by atoms with Gasteiger partial charge in [-0.2, -0.15) is 0 Å². The minimum atomic E-state index is -0.339. The second-order valence-electron chi connectivity index (χ2n) is 7.70. The number of ether oxygens (including phenoxy) is 2. The molecule has 0 aromatic heterocycles. The number of carbonyl (C=O) groups excluding carboxylic acids is 2. The number of rotatable bonds is 7. The van der Waals surface area contributed by atoms with Gasteiger partial charge in [0.2, 0.25) is 0 Å². The highest BCUT2D eigenvalue weighted by Crippen LogP contribution is 2.39. The van der Waals surface area contributed by atoms with Gasteiger partial charge in [-0.3, -0.25) is 14.5 Å². The number of methoxy groups -OCH3 is 1. The first kappa shape index (κ1) is 24.2. The molecule has 0 saturated carbocycles. The average molecular weight is 514 g/mol. The average Bonchev–Trinajstić information content (AvgIpc) is 3.07. The third kappa shape index (κ3) is 5.58. The van der Waals surface area contributed by atoms with E-state index in [0.29, 0.717) is 32.0 Å². The number of benzene rings is 3. The zero-order chi connectivity index (χ0) is 24.2. The first-order valence-electron chi connectivity index (χ1n) is 10.4. The molecule has 1 fully saturated rings. The van der Waals surface area contributed by atoms with E-state index < -0.39 is 0 Å². The summed E-state index contributed by atoms with van der Waals surface area (Å²) < 4.78 is 11.4. The van der Waals surface area contributed by atoms with Crippen molar-refractivity contribution in [3.8, 4) is 11.5 Å². The lowest BCUT2D eigenvalue weighted by molar-refractivity contribution is -0.123. The molecule has 0 N–H and O–H groups in total. The Labute approximate surface area is 212 Å². The van der Waals surface area contributed by atoms with Gasteiger partial charge in [-0.05, 0) is 65.7 Å². The van der Waals surface area contributed by atoms with E-state index in [-0.39, 0.29) is 24.3 Å². The number of halogens is 2. The summed E-state index contributed by atoms with van der Waals surface area (Å²) in [4.78, 5) is 27.0. The summed E-state index contributed by atoms with van der Waals surface area (Å²) in [6.45, 7) is 2.49. The van der Waals surface area contributed by atoms with E-state index in [1.807, 2.05) is 43.3 Å². The minimum Gasteiger partial charge on any atom is -0.493 e. The topological polar surface area (TPSA) is 55.8 Å². The molecule has 2 amide bonds. The van der Waals surface area contributed by atoms with Gasteiger partial charge in [0.1, 0.15) is 6.61 Å². The van der Waals surface area contributed by atoms with E-state index in [4.69, 9.17) is 32.7 Å². The molecule has 0 spiro atoms. The standard InChI is InChI=1S/C26H21Cl2NO4S/c1-16-3-5-17(6-4-16)14-29-25(30)23(34-26(29)31)13-19-11-21(28)24(22(12-19)32-2)33-15-18-7-9-20(27)10-8-18/h3-13H,14-15H2,1-2H3/b23-13-. The van der Waals surface area contributed by atoms with Crippen molar-refractivity contribution in [1.29, 1.82) is 0 Å². The number of amides is 2. The molecule has 0 aliphatic carbocycles. The van der Waals surface area contributed by atoms with Crippen molar-refractivity contribution in [3.05, 3.63) is 97.9 Å². The Morgan fingerprint density at radius 2 is 1.65 bits per heavy atom. The summed E-state index contributed by atoms with van der Waals surface area (Å²) >= 11 is 13.3. The van der Waals surface area contributed by atoms with Crippen LogP contribution in [0.1, 0.15) is 22.3 Å². The van der Waals surface area contributed by atoms with Gasteiger partial charge in [-0.25, -0.2) is 0 Å². The van der Waals surface area contributed by atoms with Crippen molar-refractivity contribution in [1.82, 2.24) is 4.90 Å². The number of nitrogens with zero attached hydrogens (tertiary/aromatic N) is 1. The van der Waals surface area contributed by atoms with Crippen LogP contribution in [-0.4, -0.2) is 23.2 Å². The minimum absolute atomic E-state index is 0.226. The molecule has 0 radical (unpaired) electrons. The third-order valence-electron chi connectivity index (χ3n) is 5.18. The molecule has 1 aliphatic rings. The predicted octanol–water partition coefficient (Wildman–Crippen LogP) is 7.13. The van der Waals surface area contributed by atoms with Crippen molar-refractivity contribution < 1.29 is 19.1 Å². The Morgan fingerprint density at radius 3 is 2.32 bits per heavy atom. The first-order valence-corrected chi connectivity index (χ1v) is 12.0. The fraction of sp³-hybridized carbons (Fsp3) is 0.154. The van der Waals surface area contributed by atoms with Crippen LogP contribution in [0, 0.1) is 6.92 Å². The zero-order valence-corrected chi connectivity index (χ0v) is 20.8. The molecule has 4 rings (SSSR count). The van der Waals surface area contributed by atoms with E-state index in [2.05, 4.69) is 0 Å². The highest BCUT2D eigenvalue weighted by atomic mass is 35.5. The summed E-state index contributed by atoms with van der Waals surface area (Å²) in [6, 6.07) is 18.4. The number of thioether (sulfide) groups is 1. The smallest absolute Gasteiger partial charge is 0.293 e. The SMILES string of the molecule is COc1cc(/C=C2\SC(=O)N(Cc3ccc(C)cc3)C2=O)cc(Cl)c1OCc1ccc(Cl)cc1. The Kier molecular flexibility index (Phi) is 7.51. The molecule has 8 heteroatoms. The molecule has 1 saturated heterocycles. The molecular formula is C26H21Cl2NO4S. The van der Waals surface area contributed by atoms with E-state index in [9.17, 15) is 9.59 Å². The summed E-state index contributed by atoms with van der Waals surface area (Å²) in [6.07, 6.45) is 1.64. The van der Waals surface area contributed by atoms with Crippen LogP contribution < -0.4 is 9.47 Å². The Morgan fingerprint density at radius 1 is 0.971 bits per heavy atom. The molecule has 0 atom stereocenters. The van der Waals surface area contributed by atoms with Crippen molar-refractivity contribution in [2.75, 3.05) is 7.11 Å². The van der Waals surface area contributed by atoms with Crippen molar-refractivity contribution in [2.24, 2.45) is 0 Å². The normalized spacial score (nSPS) is 14.7. The lowest BCUT2D eigenvalue weighted by atomic mass is 10.1. The van der Waals surface area contributed by atoms with Crippen molar-refractivity contribution in [2.45, 2.75) is 20.1 Å². The Hall–Kier alpha value is -2.93. The molecule has 0 unspecified atom stereocenters. The summed E-state index contributed by atoms with van der Waals surface area (Å²) in [5, 5.41) is 0.670. The summed E-state index contributed by atoms with van der Waals surface area (Å²) in [5.41, 5.74) is 3.56. The van der Waals surface area contributed by atoms with Crippen LogP contribution in [-0.2, 0) is 17.9 Å². The fourth-order valence-corrected chi connectivity index (χ4v) is 4.60. The van der Waals surface area contributed by atoms with E-state index in [0.717, 1.165) is 28.5 Å². The van der Waals surface area contributed by atoms with Crippen molar-refractivity contribution >= 4 is 52.2 Å². The van der Waals surface area contributed by atoms with Gasteiger partial charge in [-0.1, -0.05) is 65.2 Å². The maximum atomic E-state index is 12.9. The number of hydrogen-bond acceptors (Lipinski definition) is 5. The van der Waals surface area contributed by atoms with Crippen LogP contribution in [0.25, 0.3) is 6.08 Å². The van der Waals surface area contributed by atoms with Crippen molar-refractivity contribution in [3.63, 3.8) is 0 Å². The second-order valence-corrected chi connectivity index (χ2v) is 9.54. The van der Waals surface area contributed by atoms with E-state index in [1.165, 1.54) is 12.0 Å². The maximum Gasteiger partial charge on any atom is 0.293 e. The monoisotopic (exact) mass is 513 g/mol. The Bertz CT molecular complexity index is 1260. The Balaban J connectivity index is 1.52. The number of hydrogen-bond donors (Lipinski definition) is 0. The molecule has 3 aromatic rings. The lowest BCUT2D eigenvalue weighted by Crippen LogP contribution is -2.27. The van der Waals surface area contributed by atoms with Gasteiger partial charge in [0.25, 0.3) is 11.1 Å². The number of imide groups is 1. The quantitative estimate of drug-likeness (QED) is 0.314. The van der Waals surface area contributed by atoms with E-state index in [1.54, 1.807) is 30.3 Å². The van der Waals surface area contributed by atoms with Crippen LogP contribution in [0.4, 0.5) is 4.79 Å². The second kappa shape index (κ2) is 10.6. The van der Waals surface area contributed by atoms with Gasteiger partial charge >= 0.3 is 0 Å². The molecule has 3 aromatic carbocycles. The van der Waals surface area contributed by atoms with Crippen LogP contribution in [0.15, 0.2) is 65.6 Å². The number of carbonyl (C=O) groups is 2. The molecule has 5 nitrogen and oxygen atoms in total. The number of aryl methyl sites for hydroxylation is 1. The molecule has 1 aliphatic heterocycles. The van der Waals surface area contributed by atoms with Crippen LogP contribution >= 0.6 is 35.0 Å². The largest absolute Gasteiger partial charge is 0.493 e. The van der Waals surface area contributed by atoms with Crippen LogP contribution in [0.5, 0.6) is 11.5 Å². The van der Waals surface area contributed by atoms with Crippen LogP contribution in [0.3, 0.4) is 0 Å². The van der Waals surface area contributed by atoms with Gasteiger partial charge < -0.3 is 9.47 Å². The highest BCUT2D eigenvalue weighted by Gasteiger charge is 2.35. The fourth-order valence-electron chi connectivity index (χ4n) is 3.36. The third-order valence-corrected chi connectivity index (χ3v) is 6.62. The van der Waals surface area contributed by atoms with Gasteiger partial charge in [0.05, 0.1) is 23.6 Å². The zero-order valence-electron chi connectivity index (χ0n) is 18.5. The van der Waals surface area contributed by atoms with Gasteiger partial charge in [-0.15, -0.1) is 0 Å². The predicted molar refractivity (Wildman–Crippen MR) is 136 cm³/mol. The van der Waals surface area contributed by atoms with Crippen LogP contribution in [0.2, 0.25) is 10.0 Å².